The Hall–Kier alpha value is -2.15. The quantitative estimate of drug-likeness (QED) is 0.779. The molecule has 0 aliphatic carbocycles. The van der Waals surface area contributed by atoms with Crippen LogP contribution in [0.15, 0.2) is 18.5 Å². The average Bonchev–Trinajstić information content (AvgIpc) is 2.46. The van der Waals surface area contributed by atoms with Gasteiger partial charge in [-0.1, -0.05) is 0 Å². The largest absolute Gasteiger partial charge is 0.481 e. The van der Waals surface area contributed by atoms with E-state index in [0.717, 1.165) is 5.56 Å². The summed E-state index contributed by atoms with van der Waals surface area (Å²) in [4.78, 5) is 27.3. The second kappa shape index (κ2) is 6.53. The predicted molar refractivity (Wildman–Crippen MR) is 76.1 cm³/mol. The first-order chi connectivity index (χ1) is 10.0. The number of carbonyl (C=O) groups is 2. The van der Waals surface area contributed by atoms with Gasteiger partial charge in [0.25, 0.3) is 0 Å². The van der Waals surface area contributed by atoms with Crippen LogP contribution in [0.1, 0.15) is 18.4 Å². The number of nitrogens with one attached hydrogen (secondary N) is 2. The number of carboxylic acids is 1. The van der Waals surface area contributed by atoms with Gasteiger partial charge >= 0.3 is 12.0 Å². The number of hydrogen-bond donors (Lipinski definition) is 3. The zero-order chi connectivity index (χ0) is 15.3. The summed E-state index contributed by atoms with van der Waals surface area (Å²) in [5.74, 6) is -0.900. The maximum Gasteiger partial charge on any atom is 0.319 e. The van der Waals surface area contributed by atoms with E-state index in [0.29, 0.717) is 31.7 Å². The van der Waals surface area contributed by atoms with Crippen molar-refractivity contribution in [1.82, 2.24) is 10.3 Å². The summed E-state index contributed by atoms with van der Waals surface area (Å²) in [7, 11) is 0. The van der Waals surface area contributed by atoms with Crippen LogP contribution in [0.25, 0.3) is 0 Å². The number of aliphatic carboxylic acids is 1. The lowest BCUT2D eigenvalue weighted by atomic mass is 9.80. The first kappa shape index (κ1) is 15.2. The minimum absolute atomic E-state index is 0.0801. The topological polar surface area (TPSA) is 101 Å². The highest BCUT2D eigenvalue weighted by molar-refractivity contribution is 5.89. The molecule has 0 unspecified atom stereocenters. The molecule has 2 amide bonds. The van der Waals surface area contributed by atoms with Crippen molar-refractivity contribution in [3.8, 4) is 0 Å². The van der Waals surface area contributed by atoms with Crippen molar-refractivity contribution in [3.05, 3.63) is 24.0 Å². The summed E-state index contributed by atoms with van der Waals surface area (Å²) in [5, 5.41) is 14.7. The van der Waals surface area contributed by atoms with Crippen LogP contribution in [0.4, 0.5) is 10.5 Å². The molecule has 3 N–H and O–H groups in total. The average molecular weight is 293 g/mol. The van der Waals surface area contributed by atoms with Crippen molar-refractivity contribution in [2.24, 2.45) is 5.41 Å². The zero-order valence-electron chi connectivity index (χ0n) is 11.9. The summed E-state index contributed by atoms with van der Waals surface area (Å²) in [6, 6.07) is 1.35. The fraction of sp³-hybridized carbons (Fsp3) is 0.500. The van der Waals surface area contributed by atoms with E-state index in [1.165, 1.54) is 6.20 Å². The Labute approximate surface area is 122 Å². The molecule has 1 aromatic rings. The Morgan fingerprint density at radius 1 is 1.38 bits per heavy atom. The van der Waals surface area contributed by atoms with Gasteiger partial charge < -0.3 is 20.5 Å². The van der Waals surface area contributed by atoms with Gasteiger partial charge in [0.05, 0.1) is 17.3 Å². The molecule has 21 heavy (non-hydrogen) atoms. The third-order valence-electron chi connectivity index (χ3n) is 3.62. The van der Waals surface area contributed by atoms with E-state index in [2.05, 4.69) is 15.6 Å². The Morgan fingerprint density at radius 2 is 2.10 bits per heavy atom. The number of hydrogen-bond acceptors (Lipinski definition) is 4. The summed E-state index contributed by atoms with van der Waals surface area (Å²) in [6.45, 7) is 2.75. The highest BCUT2D eigenvalue weighted by Gasteiger charge is 2.40. The van der Waals surface area contributed by atoms with Gasteiger partial charge in [0, 0.05) is 26.0 Å². The van der Waals surface area contributed by atoms with E-state index in [9.17, 15) is 14.7 Å². The highest BCUT2D eigenvalue weighted by Crippen LogP contribution is 2.30. The van der Waals surface area contributed by atoms with Gasteiger partial charge in [-0.05, 0) is 31.4 Å². The van der Waals surface area contributed by atoms with Crippen LogP contribution in [-0.4, -0.2) is 41.8 Å². The maximum atomic E-state index is 11.9. The lowest BCUT2D eigenvalue weighted by Crippen LogP contribution is -2.47. The van der Waals surface area contributed by atoms with Crippen LogP contribution in [0.2, 0.25) is 0 Å². The maximum absolute atomic E-state index is 11.9. The molecule has 0 spiro atoms. The number of ether oxygens (including phenoxy) is 1. The molecule has 1 saturated heterocycles. The molecular weight excluding hydrogens is 274 g/mol. The molecule has 2 heterocycles. The molecule has 0 saturated carbocycles. The molecular formula is C14H19N3O4. The molecule has 114 valence electrons. The highest BCUT2D eigenvalue weighted by atomic mass is 16.5. The SMILES string of the molecule is Cc1cncc(NC(=O)NCC2(C(=O)O)CCOCC2)c1. The molecule has 0 atom stereocenters. The Kier molecular flexibility index (Phi) is 4.74. The molecule has 7 nitrogen and oxygen atoms in total. The number of pyridine rings is 1. The van der Waals surface area contributed by atoms with E-state index in [4.69, 9.17) is 4.74 Å². The standard InChI is InChI=1S/C14H19N3O4/c1-10-6-11(8-15-7-10)17-13(20)16-9-14(12(18)19)2-4-21-5-3-14/h6-8H,2-5,9H2,1H3,(H,18,19)(H2,16,17,20). The molecule has 1 aliphatic rings. The lowest BCUT2D eigenvalue weighted by Gasteiger charge is -2.33. The summed E-state index contributed by atoms with van der Waals surface area (Å²) >= 11 is 0. The summed E-state index contributed by atoms with van der Waals surface area (Å²) in [5.41, 5.74) is 0.559. The Morgan fingerprint density at radius 3 is 2.71 bits per heavy atom. The van der Waals surface area contributed by atoms with Gasteiger partial charge in [-0.25, -0.2) is 4.79 Å². The second-order valence-corrected chi connectivity index (χ2v) is 5.26. The van der Waals surface area contributed by atoms with Gasteiger partial charge in [0.2, 0.25) is 0 Å². The molecule has 0 radical (unpaired) electrons. The number of nitrogens with zero attached hydrogens (tertiary/aromatic N) is 1. The van der Waals surface area contributed by atoms with Gasteiger partial charge in [-0.3, -0.25) is 9.78 Å². The van der Waals surface area contributed by atoms with Gasteiger partial charge in [-0.15, -0.1) is 0 Å². The van der Waals surface area contributed by atoms with Crippen molar-refractivity contribution in [2.75, 3.05) is 25.1 Å². The van der Waals surface area contributed by atoms with Crippen LogP contribution in [-0.2, 0) is 9.53 Å². The van der Waals surface area contributed by atoms with Crippen molar-refractivity contribution in [2.45, 2.75) is 19.8 Å². The second-order valence-electron chi connectivity index (χ2n) is 5.26. The van der Waals surface area contributed by atoms with Crippen LogP contribution >= 0.6 is 0 Å². The minimum atomic E-state index is -0.944. The van der Waals surface area contributed by atoms with E-state index >= 15 is 0 Å². The molecule has 1 aliphatic heterocycles. The fourth-order valence-electron chi connectivity index (χ4n) is 2.28. The molecule has 0 aromatic carbocycles. The molecule has 1 fully saturated rings. The predicted octanol–water partition coefficient (Wildman–Crippen LogP) is 1.39. The number of urea groups is 1. The lowest BCUT2D eigenvalue weighted by molar-refractivity contribution is -0.154. The normalized spacial score (nSPS) is 17.0. The Bertz CT molecular complexity index is 527. The monoisotopic (exact) mass is 293 g/mol. The number of rotatable bonds is 4. The fourth-order valence-corrected chi connectivity index (χ4v) is 2.28. The number of aromatic nitrogens is 1. The van der Waals surface area contributed by atoms with Crippen LogP contribution in [0.3, 0.4) is 0 Å². The van der Waals surface area contributed by atoms with E-state index in [1.54, 1.807) is 12.3 Å². The van der Waals surface area contributed by atoms with Crippen molar-refractivity contribution >= 4 is 17.7 Å². The van der Waals surface area contributed by atoms with Crippen LogP contribution in [0, 0.1) is 12.3 Å². The molecule has 2 rings (SSSR count). The third kappa shape index (κ3) is 3.91. The third-order valence-corrected chi connectivity index (χ3v) is 3.62. The van der Waals surface area contributed by atoms with E-state index in [1.807, 2.05) is 6.92 Å². The molecule has 7 heteroatoms. The van der Waals surface area contributed by atoms with Crippen molar-refractivity contribution in [1.29, 1.82) is 0 Å². The van der Waals surface area contributed by atoms with E-state index in [-0.39, 0.29) is 6.54 Å². The molecule has 0 bridgehead atoms. The van der Waals surface area contributed by atoms with Gasteiger partial charge in [-0.2, -0.15) is 0 Å². The van der Waals surface area contributed by atoms with Gasteiger partial charge in [0.1, 0.15) is 0 Å². The summed E-state index contributed by atoms with van der Waals surface area (Å²) < 4.78 is 5.19. The number of carbonyl (C=O) groups excluding carboxylic acids is 1. The summed E-state index contributed by atoms with van der Waals surface area (Å²) in [6.07, 6.45) is 4.02. The van der Waals surface area contributed by atoms with Crippen molar-refractivity contribution in [3.63, 3.8) is 0 Å². The number of anilines is 1. The van der Waals surface area contributed by atoms with Gasteiger partial charge in [0.15, 0.2) is 0 Å². The zero-order valence-corrected chi connectivity index (χ0v) is 11.9. The molecule has 1 aromatic heterocycles. The minimum Gasteiger partial charge on any atom is -0.481 e. The first-order valence-corrected chi connectivity index (χ1v) is 6.79. The number of amides is 2. The van der Waals surface area contributed by atoms with Crippen molar-refractivity contribution < 1.29 is 19.4 Å². The number of aryl methyl sites for hydroxylation is 1. The van der Waals surface area contributed by atoms with Crippen LogP contribution < -0.4 is 10.6 Å². The van der Waals surface area contributed by atoms with Crippen LogP contribution in [0.5, 0.6) is 0 Å². The Balaban J connectivity index is 1.91. The van der Waals surface area contributed by atoms with E-state index < -0.39 is 17.4 Å². The first-order valence-electron chi connectivity index (χ1n) is 6.79. The number of carboxylic acid groups (broad SMARTS) is 1. The smallest absolute Gasteiger partial charge is 0.319 e.